The van der Waals surface area contributed by atoms with Crippen LogP contribution in [0.3, 0.4) is 0 Å². The molecule has 2 unspecified atom stereocenters. The lowest BCUT2D eigenvalue weighted by molar-refractivity contribution is -0.0961. The van der Waals surface area contributed by atoms with Gasteiger partial charge >= 0.3 is 0 Å². The summed E-state index contributed by atoms with van der Waals surface area (Å²) < 4.78 is 5.90. The maximum absolute atomic E-state index is 5.90. The Labute approximate surface area is 107 Å². The lowest BCUT2D eigenvalue weighted by Crippen LogP contribution is -2.49. The minimum Gasteiger partial charge on any atom is -0.375 e. The molecule has 17 heavy (non-hydrogen) atoms. The third-order valence-electron chi connectivity index (χ3n) is 4.17. The predicted octanol–water partition coefficient (Wildman–Crippen LogP) is 2.25. The van der Waals surface area contributed by atoms with Crippen LogP contribution in [0.15, 0.2) is 0 Å². The zero-order valence-electron chi connectivity index (χ0n) is 12.3. The Hall–Kier alpha value is -0.120. The zero-order valence-corrected chi connectivity index (χ0v) is 12.3. The highest BCUT2D eigenvalue weighted by atomic mass is 16.5. The first kappa shape index (κ1) is 14.9. The molecule has 3 heteroatoms. The van der Waals surface area contributed by atoms with Crippen LogP contribution in [0.2, 0.25) is 0 Å². The van der Waals surface area contributed by atoms with Gasteiger partial charge in [-0.25, -0.2) is 0 Å². The highest BCUT2D eigenvalue weighted by Gasteiger charge is 2.34. The molecule has 0 aliphatic carbocycles. The van der Waals surface area contributed by atoms with Crippen LogP contribution in [-0.2, 0) is 4.74 Å². The summed E-state index contributed by atoms with van der Waals surface area (Å²) in [4.78, 5) is 2.48. The maximum Gasteiger partial charge on any atom is 0.0666 e. The summed E-state index contributed by atoms with van der Waals surface area (Å²) in [5.41, 5.74) is 6.09. The molecule has 1 aliphatic rings. The molecule has 1 saturated heterocycles. The first-order chi connectivity index (χ1) is 7.82. The number of hydrogen-bond acceptors (Lipinski definition) is 3. The lowest BCUT2D eigenvalue weighted by atomic mass is 9.87. The molecule has 2 N–H and O–H groups in total. The van der Waals surface area contributed by atoms with E-state index < -0.39 is 0 Å². The van der Waals surface area contributed by atoms with Crippen molar-refractivity contribution in [2.45, 2.75) is 58.6 Å². The van der Waals surface area contributed by atoms with Gasteiger partial charge in [0.1, 0.15) is 0 Å². The van der Waals surface area contributed by atoms with Crippen molar-refractivity contribution in [2.75, 3.05) is 26.7 Å². The second-order valence-electron chi connectivity index (χ2n) is 6.58. The summed E-state index contributed by atoms with van der Waals surface area (Å²) in [5, 5.41) is 0. The van der Waals surface area contributed by atoms with E-state index in [4.69, 9.17) is 10.5 Å². The van der Waals surface area contributed by atoms with Crippen LogP contribution in [0.1, 0.15) is 47.0 Å². The Morgan fingerprint density at radius 3 is 2.65 bits per heavy atom. The average molecular weight is 242 g/mol. The SMILES string of the molecule is CCC1(C)CC(N(C)CC(C)(C)CN)CCO1. The van der Waals surface area contributed by atoms with Crippen molar-refractivity contribution < 1.29 is 4.74 Å². The molecule has 102 valence electrons. The molecule has 1 fully saturated rings. The standard InChI is InChI=1S/C14H30N2O/c1-6-14(4)9-12(7-8-17-14)16(5)11-13(2,3)10-15/h12H,6-11,15H2,1-5H3. The summed E-state index contributed by atoms with van der Waals surface area (Å²) in [6.07, 6.45) is 3.38. The lowest BCUT2D eigenvalue weighted by Gasteiger charge is -2.43. The minimum atomic E-state index is 0.0734. The molecule has 0 spiro atoms. The molecular formula is C14H30N2O. The molecule has 1 heterocycles. The molecule has 2 atom stereocenters. The Kier molecular flexibility index (Phi) is 4.99. The summed E-state index contributed by atoms with van der Waals surface area (Å²) in [7, 11) is 2.23. The number of hydrogen-bond donors (Lipinski definition) is 1. The van der Waals surface area contributed by atoms with Crippen molar-refractivity contribution in [3.63, 3.8) is 0 Å². The highest BCUT2D eigenvalue weighted by molar-refractivity contribution is 4.87. The Bertz CT molecular complexity index is 242. The van der Waals surface area contributed by atoms with Crippen LogP contribution in [0, 0.1) is 5.41 Å². The fraction of sp³-hybridized carbons (Fsp3) is 1.00. The van der Waals surface area contributed by atoms with Gasteiger partial charge in [0.15, 0.2) is 0 Å². The van der Waals surface area contributed by atoms with Crippen molar-refractivity contribution in [2.24, 2.45) is 11.1 Å². The fourth-order valence-electron chi connectivity index (χ4n) is 2.59. The second-order valence-corrected chi connectivity index (χ2v) is 6.58. The van der Waals surface area contributed by atoms with Crippen molar-refractivity contribution in [1.82, 2.24) is 4.90 Å². The van der Waals surface area contributed by atoms with E-state index in [0.717, 1.165) is 39.0 Å². The number of nitrogens with zero attached hydrogens (tertiary/aromatic N) is 1. The largest absolute Gasteiger partial charge is 0.375 e. The van der Waals surface area contributed by atoms with Crippen LogP contribution in [-0.4, -0.2) is 43.3 Å². The smallest absolute Gasteiger partial charge is 0.0666 e. The van der Waals surface area contributed by atoms with Crippen LogP contribution in [0.25, 0.3) is 0 Å². The van der Waals surface area contributed by atoms with Crippen molar-refractivity contribution in [1.29, 1.82) is 0 Å². The summed E-state index contributed by atoms with van der Waals surface area (Å²) in [6.45, 7) is 11.6. The second kappa shape index (κ2) is 5.68. The van der Waals surface area contributed by atoms with E-state index in [2.05, 4.69) is 39.6 Å². The van der Waals surface area contributed by atoms with Gasteiger partial charge in [-0.2, -0.15) is 0 Å². The molecule has 0 aromatic carbocycles. The summed E-state index contributed by atoms with van der Waals surface area (Å²) in [5.74, 6) is 0. The molecule has 1 rings (SSSR count). The van der Waals surface area contributed by atoms with E-state index in [1.54, 1.807) is 0 Å². The van der Waals surface area contributed by atoms with E-state index >= 15 is 0 Å². The van der Waals surface area contributed by atoms with Crippen molar-refractivity contribution >= 4 is 0 Å². The quantitative estimate of drug-likeness (QED) is 0.803. The van der Waals surface area contributed by atoms with Gasteiger partial charge in [-0.1, -0.05) is 20.8 Å². The molecule has 0 aromatic heterocycles. The van der Waals surface area contributed by atoms with Gasteiger partial charge in [0.05, 0.1) is 5.60 Å². The first-order valence-corrected chi connectivity index (χ1v) is 6.86. The van der Waals surface area contributed by atoms with E-state index in [1.807, 2.05) is 0 Å². The molecule has 0 radical (unpaired) electrons. The molecule has 0 bridgehead atoms. The third-order valence-corrected chi connectivity index (χ3v) is 4.17. The molecular weight excluding hydrogens is 212 g/mol. The Morgan fingerprint density at radius 2 is 2.12 bits per heavy atom. The van der Waals surface area contributed by atoms with Gasteiger partial charge in [0, 0.05) is 19.2 Å². The average Bonchev–Trinajstić information content (AvgIpc) is 2.28. The maximum atomic E-state index is 5.90. The summed E-state index contributed by atoms with van der Waals surface area (Å²) >= 11 is 0. The Balaban J connectivity index is 2.55. The summed E-state index contributed by atoms with van der Waals surface area (Å²) in [6, 6.07) is 0.638. The molecule has 0 aromatic rings. The number of ether oxygens (including phenoxy) is 1. The van der Waals surface area contributed by atoms with Gasteiger partial charge in [-0.3, -0.25) is 0 Å². The molecule has 0 amide bonds. The monoisotopic (exact) mass is 242 g/mol. The van der Waals surface area contributed by atoms with Crippen LogP contribution < -0.4 is 5.73 Å². The van der Waals surface area contributed by atoms with Crippen LogP contribution in [0.5, 0.6) is 0 Å². The first-order valence-electron chi connectivity index (χ1n) is 6.86. The zero-order chi connectivity index (χ0) is 13.1. The fourth-order valence-corrected chi connectivity index (χ4v) is 2.59. The van der Waals surface area contributed by atoms with Gasteiger partial charge in [0.25, 0.3) is 0 Å². The topological polar surface area (TPSA) is 38.5 Å². The Morgan fingerprint density at radius 1 is 1.47 bits per heavy atom. The van der Waals surface area contributed by atoms with Crippen LogP contribution >= 0.6 is 0 Å². The van der Waals surface area contributed by atoms with Gasteiger partial charge in [-0.15, -0.1) is 0 Å². The van der Waals surface area contributed by atoms with Gasteiger partial charge in [-0.05, 0) is 45.2 Å². The van der Waals surface area contributed by atoms with E-state index in [9.17, 15) is 0 Å². The van der Waals surface area contributed by atoms with Crippen molar-refractivity contribution in [3.05, 3.63) is 0 Å². The van der Waals surface area contributed by atoms with Gasteiger partial charge in [0.2, 0.25) is 0 Å². The van der Waals surface area contributed by atoms with E-state index in [1.165, 1.54) is 0 Å². The highest BCUT2D eigenvalue weighted by Crippen LogP contribution is 2.31. The molecule has 1 aliphatic heterocycles. The number of rotatable bonds is 5. The van der Waals surface area contributed by atoms with Crippen molar-refractivity contribution in [3.8, 4) is 0 Å². The van der Waals surface area contributed by atoms with Gasteiger partial charge < -0.3 is 15.4 Å². The predicted molar refractivity (Wildman–Crippen MR) is 73.1 cm³/mol. The normalized spacial score (nSPS) is 30.9. The van der Waals surface area contributed by atoms with Crippen LogP contribution in [0.4, 0.5) is 0 Å². The molecule has 0 saturated carbocycles. The minimum absolute atomic E-state index is 0.0734. The molecule has 3 nitrogen and oxygen atoms in total. The third kappa shape index (κ3) is 4.23. The van der Waals surface area contributed by atoms with E-state index in [-0.39, 0.29) is 11.0 Å². The number of nitrogens with two attached hydrogens (primary N) is 1. The van der Waals surface area contributed by atoms with E-state index in [0.29, 0.717) is 6.04 Å².